The van der Waals surface area contributed by atoms with E-state index in [-0.39, 0.29) is 15.2 Å². The van der Waals surface area contributed by atoms with Gasteiger partial charge in [-0.25, -0.2) is 4.39 Å². The van der Waals surface area contributed by atoms with Gasteiger partial charge in [-0.1, -0.05) is 29.5 Å². The van der Waals surface area contributed by atoms with Gasteiger partial charge in [-0.3, -0.25) is 14.8 Å². The lowest BCUT2D eigenvalue weighted by Gasteiger charge is -2.04. The summed E-state index contributed by atoms with van der Waals surface area (Å²) in [7, 11) is -3.98. The summed E-state index contributed by atoms with van der Waals surface area (Å²) in [5.41, 5.74) is 0.595. The third-order valence-electron chi connectivity index (χ3n) is 2.99. The second kappa shape index (κ2) is 6.95. The van der Waals surface area contributed by atoms with Gasteiger partial charge in [0.1, 0.15) is 5.82 Å². The highest BCUT2D eigenvalue weighted by atomic mass is 32.2. The van der Waals surface area contributed by atoms with Crippen LogP contribution in [0.1, 0.15) is 10.4 Å². The molecule has 1 aromatic heterocycles. The lowest BCUT2D eigenvalue weighted by Crippen LogP contribution is -2.12. The van der Waals surface area contributed by atoms with Crippen LogP contribution in [0.2, 0.25) is 0 Å². The van der Waals surface area contributed by atoms with Crippen molar-refractivity contribution in [3.05, 3.63) is 66.0 Å². The van der Waals surface area contributed by atoms with Gasteiger partial charge in [0.05, 0.1) is 0 Å². The van der Waals surface area contributed by atoms with Crippen molar-refractivity contribution in [2.24, 2.45) is 0 Å². The number of halogens is 1. The molecule has 0 bridgehead atoms. The van der Waals surface area contributed by atoms with Gasteiger partial charge in [0.25, 0.3) is 20.3 Å². The molecule has 0 saturated heterocycles. The Labute approximate surface area is 146 Å². The van der Waals surface area contributed by atoms with E-state index in [0.717, 1.165) is 12.1 Å². The van der Waals surface area contributed by atoms with Crippen molar-refractivity contribution in [3.8, 4) is 0 Å². The van der Waals surface area contributed by atoms with E-state index in [4.69, 9.17) is 0 Å². The molecule has 0 radical (unpaired) electrons. The Balaban J connectivity index is 1.74. The van der Waals surface area contributed by atoms with E-state index in [1.165, 1.54) is 12.1 Å². The number of sulfonamides is 1. The van der Waals surface area contributed by atoms with Crippen LogP contribution < -0.4 is 10.0 Å². The van der Waals surface area contributed by atoms with Gasteiger partial charge in [-0.05, 0) is 36.4 Å². The van der Waals surface area contributed by atoms with Crippen molar-refractivity contribution < 1.29 is 17.6 Å². The minimum absolute atomic E-state index is 0.0494. The Bertz CT molecular complexity index is 989. The van der Waals surface area contributed by atoms with Crippen molar-refractivity contribution >= 4 is 38.1 Å². The van der Waals surface area contributed by atoms with Gasteiger partial charge >= 0.3 is 0 Å². The maximum Gasteiger partial charge on any atom is 0.291 e. The number of amides is 1. The SMILES string of the molecule is O=C(Nc1nnc(S(=O)(=O)Nc2ccc(F)cc2)s1)c1ccccc1. The van der Waals surface area contributed by atoms with Crippen molar-refractivity contribution in [3.63, 3.8) is 0 Å². The average Bonchev–Trinajstić information content (AvgIpc) is 3.07. The summed E-state index contributed by atoms with van der Waals surface area (Å²) in [6.45, 7) is 0. The monoisotopic (exact) mass is 378 g/mol. The second-order valence-electron chi connectivity index (χ2n) is 4.81. The van der Waals surface area contributed by atoms with E-state index in [1.54, 1.807) is 30.3 Å². The Morgan fingerprint density at radius 3 is 2.36 bits per heavy atom. The van der Waals surface area contributed by atoms with E-state index in [2.05, 4.69) is 20.2 Å². The Morgan fingerprint density at radius 2 is 1.68 bits per heavy atom. The number of benzene rings is 2. The van der Waals surface area contributed by atoms with Gasteiger partial charge in [0.2, 0.25) is 5.13 Å². The number of hydrogen-bond acceptors (Lipinski definition) is 6. The van der Waals surface area contributed by atoms with Crippen LogP contribution >= 0.6 is 11.3 Å². The van der Waals surface area contributed by atoms with Gasteiger partial charge in [0.15, 0.2) is 0 Å². The summed E-state index contributed by atoms with van der Waals surface area (Å²) in [6.07, 6.45) is 0. The third kappa shape index (κ3) is 4.17. The molecule has 128 valence electrons. The molecule has 10 heteroatoms. The molecule has 0 atom stereocenters. The molecule has 2 N–H and O–H groups in total. The van der Waals surface area contributed by atoms with Crippen molar-refractivity contribution in [2.75, 3.05) is 10.0 Å². The molecule has 7 nitrogen and oxygen atoms in total. The molecule has 25 heavy (non-hydrogen) atoms. The van der Waals surface area contributed by atoms with Crippen molar-refractivity contribution in [1.29, 1.82) is 0 Å². The van der Waals surface area contributed by atoms with Crippen LogP contribution in [0.5, 0.6) is 0 Å². The van der Waals surface area contributed by atoms with E-state index < -0.39 is 21.7 Å². The summed E-state index contributed by atoms with van der Waals surface area (Å²) in [6, 6.07) is 13.2. The fourth-order valence-corrected chi connectivity index (χ4v) is 3.80. The third-order valence-corrected chi connectivity index (χ3v) is 5.58. The van der Waals surface area contributed by atoms with Crippen LogP contribution in [0.4, 0.5) is 15.2 Å². The van der Waals surface area contributed by atoms with Crippen LogP contribution in [0.15, 0.2) is 58.9 Å². The number of carbonyl (C=O) groups excluding carboxylic acids is 1. The van der Waals surface area contributed by atoms with E-state index >= 15 is 0 Å². The summed E-state index contributed by atoms with van der Waals surface area (Å²) in [5.74, 6) is -0.906. The van der Waals surface area contributed by atoms with E-state index in [0.29, 0.717) is 16.9 Å². The largest absolute Gasteiger partial charge is 0.296 e. The van der Waals surface area contributed by atoms with E-state index in [1.807, 2.05) is 0 Å². The Hall–Kier alpha value is -2.85. The zero-order valence-electron chi connectivity index (χ0n) is 12.5. The highest BCUT2D eigenvalue weighted by molar-refractivity contribution is 7.94. The number of anilines is 2. The second-order valence-corrected chi connectivity index (χ2v) is 7.64. The van der Waals surface area contributed by atoms with Gasteiger partial charge in [-0.15, -0.1) is 10.2 Å². The van der Waals surface area contributed by atoms with Crippen LogP contribution in [0.25, 0.3) is 0 Å². The van der Waals surface area contributed by atoms with Gasteiger partial charge < -0.3 is 0 Å². The first-order chi connectivity index (χ1) is 11.9. The highest BCUT2D eigenvalue weighted by Crippen LogP contribution is 2.23. The maximum atomic E-state index is 12.9. The summed E-state index contributed by atoms with van der Waals surface area (Å²) in [5, 5.41) is 9.77. The number of rotatable bonds is 5. The van der Waals surface area contributed by atoms with Gasteiger partial charge in [-0.2, -0.15) is 8.42 Å². The fourth-order valence-electron chi connectivity index (χ4n) is 1.84. The number of nitrogens with zero attached hydrogens (tertiary/aromatic N) is 2. The molecular formula is C15H11FN4O3S2. The smallest absolute Gasteiger partial charge is 0.291 e. The average molecular weight is 378 g/mol. The minimum Gasteiger partial charge on any atom is -0.296 e. The summed E-state index contributed by atoms with van der Waals surface area (Å²) >= 11 is 0.707. The number of hydrogen-bond donors (Lipinski definition) is 2. The zero-order valence-corrected chi connectivity index (χ0v) is 14.1. The maximum absolute atomic E-state index is 12.9. The molecule has 0 spiro atoms. The first-order valence-corrected chi connectivity index (χ1v) is 9.22. The lowest BCUT2D eigenvalue weighted by molar-refractivity contribution is 0.102. The molecule has 3 aromatic rings. The summed E-state index contributed by atoms with van der Waals surface area (Å²) in [4.78, 5) is 12.0. The lowest BCUT2D eigenvalue weighted by atomic mass is 10.2. The topological polar surface area (TPSA) is 101 Å². The number of carbonyl (C=O) groups is 1. The molecule has 0 unspecified atom stereocenters. The van der Waals surface area contributed by atoms with Crippen LogP contribution in [0, 0.1) is 5.82 Å². The Kier molecular flexibility index (Phi) is 4.72. The first kappa shape index (κ1) is 17.0. The standard InChI is InChI=1S/C15H11FN4O3S2/c16-11-6-8-12(9-7-11)20-25(22,23)15-19-18-14(24-15)17-13(21)10-4-2-1-3-5-10/h1-9,20H,(H,17,18,21). The quantitative estimate of drug-likeness (QED) is 0.665. The molecular weight excluding hydrogens is 367 g/mol. The highest BCUT2D eigenvalue weighted by Gasteiger charge is 2.21. The predicted molar refractivity (Wildman–Crippen MR) is 91.5 cm³/mol. The van der Waals surface area contributed by atoms with Crippen molar-refractivity contribution in [2.45, 2.75) is 4.34 Å². The molecule has 1 heterocycles. The molecule has 0 saturated carbocycles. The molecule has 0 fully saturated rings. The molecule has 2 aromatic carbocycles. The summed E-state index contributed by atoms with van der Waals surface area (Å²) < 4.78 is 39.3. The molecule has 0 aliphatic heterocycles. The normalized spacial score (nSPS) is 11.1. The number of aromatic nitrogens is 2. The fraction of sp³-hybridized carbons (Fsp3) is 0. The molecule has 1 amide bonds. The van der Waals surface area contributed by atoms with Crippen LogP contribution in [-0.2, 0) is 10.0 Å². The van der Waals surface area contributed by atoms with Gasteiger partial charge in [0, 0.05) is 11.3 Å². The predicted octanol–water partition coefficient (Wildman–Crippen LogP) is 2.73. The minimum atomic E-state index is -3.98. The van der Waals surface area contributed by atoms with Crippen molar-refractivity contribution in [1.82, 2.24) is 10.2 Å². The van der Waals surface area contributed by atoms with E-state index in [9.17, 15) is 17.6 Å². The van der Waals surface area contributed by atoms with Crippen LogP contribution in [0.3, 0.4) is 0 Å². The zero-order chi connectivity index (χ0) is 17.9. The van der Waals surface area contributed by atoms with Crippen LogP contribution in [-0.4, -0.2) is 24.5 Å². The molecule has 3 rings (SSSR count). The molecule has 0 aliphatic carbocycles. The first-order valence-electron chi connectivity index (χ1n) is 6.92. The Morgan fingerprint density at radius 1 is 1.00 bits per heavy atom. The number of nitrogens with one attached hydrogen (secondary N) is 2. The molecule has 0 aliphatic rings.